The fourth-order valence-corrected chi connectivity index (χ4v) is 9.79. The van der Waals surface area contributed by atoms with Gasteiger partial charge in [0.25, 0.3) is 0 Å². The average molecular weight is 553 g/mol. The molecule has 4 saturated carbocycles. The van der Waals surface area contributed by atoms with Crippen molar-refractivity contribution in [1.29, 1.82) is 0 Å². The van der Waals surface area contributed by atoms with Crippen molar-refractivity contribution >= 4 is 11.9 Å². The van der Waals surface area contributed by atoms with E-state index in [1.165, 1.54) is 7.11 Å². The number of ether oxygens (including phenoxy) is 2. The molecule has 0 heterocycles. The van der Waals surface area contributed by atoms with Crippen LogP contribution in [0, 0.1) is 46.3 Å². The van der Waals surface area contributed by atoms with Gasteiger partial charge in [0.2, 0.25) is 0 Å². The molecule has 11 atom stereocenters. The summed E-state index contributed by atoms with van der Waals surface area (Å²) in [5, 5.41) is 32.7. The second-order valence-electron chi connectivity index (χ2n) is 14.6. The van der Waals surface area contributed by atoms with Gasteiger partial charge >= 0.3 is 11.9 Å². The highest BCUT2D eigenvalue weighted by Crippen LogP contribution is 2.68. The number of esters is 2. The molecule has 3 N–H and O–H groups in total. The normalized spacial score (nSPS) is 42.6. The van der Waals surface area contributed by atoms with Gasteiger partial charge in [-0.05, 0) is 97.7 Å². The number of aliphatic hydroxyl groups is 3. The van der Waals surface area contributed by atoms with Crippen LogP contribution in [-0.4, -0.2) is 91.0 Å². The molecule has 0 bridgehead atoms. The molecule has 4 aliphatic carbocycles. The first-order chi connectivity index (χ1) is 18.3. The Morgan fingerprint density at radius 1 is 1.03 bits per heavy atom. The number of hydrogen-bond acceptors (Lipinski definition) is 7. The lowest BCUT2D eigenvalue weighted by atomic mass is 9.43. The molecule has 39 heavy (non-hydrogen) atoms. The Morgan fingerprint density at radius 3 is 2.41 bits per heavy atom. The SMILES string of the molecule is COC(=O)CC[C@@H](C)[C@H]1CC[C@H]2[C@@H]3[C@H](O)C[C@@H]4C[C@H](OC(=O)C[N+](C)(C)CCO)CC[C@]4(C)[C@H]3C[C@H](O)[C@]12C. The number of hydrogen-bond donors (Lipinski definition) is 3. The number of carbonyl (C=O) groups is 2. The molecular formula is C31H54NO7+. The number of likely N-dealkylation sites (N-methyl/N-ethyl adjacent to an activating group) is 1. The smallest absolute Gasteiger partial charge is 0.362 e. The maximum absolute atomic E-state index is 12.7. The van der Waals surface area contributed by atoms with Crippen LogP contribution in [0.3, 0.4) is 0 Å². The highest BCUT2D eigenvalue weighted by atomic mass is 16.5. The minimum absolute atomic E-state index is 0.00984. The highest BCUT2D eigenvalue weighted by Gasteiger charge is 2.65. The van der Waals surface area contributed by atoms with Gasteiger partial charge in [-0.3, -0.25) is 4.79 Å². The minimum Gasteiger partial charge on any atom is -0.469 e. The average Bonchev–Trinajstić information content (AvgIpc) is 3.21. The van der Waals surface area contributed by atoms with Gasteiger partial charge in [0.05, 0.1) is 40.0 Å². The number of nitrogens with zero attached hydrogens (tertiary/aromatic N) is 1. The number of rotatable bonds is 9. The monoisotopic (exact) mass is 552 g/mol. The van der Waals surface area contributed by atoms with Crippen LogP contribution in [0.15, 0.2) is 0 Å². The molecule has 0 amide bonds. The molecule has 0 aromatic carbocycles. The van der Waals surface area contributed by atoms with Crippen molar-refractivity contribution in [1.82, 2.24) is 0 Å². The van der Waals surface area contributed by atoms with E-state index in [0.717, 1.165) is 44.9 Å². The van der Waals surface area contributed by atoms with Crippen LogP contribution in [0.1, 0.15) is 78.6 Å². The largest absolute Gasteiger partial charge is 0.469 e. The molecule has 0 radical (unpaired) electrons. The summed E-state index contributed by atoms with van der Waals surface area (Å²) in [6, 6.07) is 0. The van der Waals surface area contributed by atoms with E-state index in [1.807, 2.05) is 14.1 Å². The third-order valence-electron chi connectivity index (χ3n) is 12.1. The Hall–Kier alpha value is -1.22. The van der Waals surface area contributed by atoms with Gasteiger partial charge in [0.15, 0.2) is 6.54 Å². The number of carbonyl (C=O) groups excluding carboxylic acids is 2. The Kier molecular flexibility index (Phi) is 9.12. The van der Waals surface area contributed by atoms with E-state index < -0.39 is 12.2 Å². The molecule has 0 aliphatic heterocycles. The Bertz CT molecular complexity index is 894. The van der Waals surface area contributed by atoms with E-state index >= 15 is 0 Å². The van der Waals surface area contributed by atoms with Gasteiger partial charge in [-0.1, -0.05) is 20.8 Å². The van der Waals surface area contributed by atoms with E-state index in [4.69, 9.17) is 9.47 Å². The molecule has 8 heteroatoms. The lowest BCUT2D eigenvalue weighted by Gasteiger charge is -2.63. The summed E-state index contributed by atoms with van der Waals surface area (Å²) in [4.78, 5) is 24.5. The molecule has 0 aromatic rings. The number of aliphatic hydroxyl groups excluding tert-OH is 3. The summed E-state index contributed by atoms with van der Waals surface area (Å²) in [6.45, 7) is 7.59. The van der Waals surface area contributed by atoms with Gasteiger partial charge in [-0.2, -0.15) is 0 Å². The summed E-state index contributed by atoms with van der Waals surface area (Å²) < 4.78 is 11.2. The molecule has 0 aromatic heterocycles. The lowest BCUT2D eigenvalue weighted by Crippen LogP contribution is -2.62. The van der Waals surface area contributed by atoms with Crippen molar-refractivity contribution < 1.29 is 38.9 Å². The minimum atomic E-state index is -0.429. The Labute approximate surface area is 235 Å². The van der Waals surface area contributed by atoms with Crippen LogP contribution in [0.4, 0.5) is 0 Å². The van der Waals surface area contributed by atoms with Crippen molar-refractivity contribution in [2.24, 2.45) is 46.3 Å². The summed E-state index contributed by atoms with van der Waals surface area (Å²) >= 11 is 0. The second-order valence-corrected chi connectivity index (χ2v) is 14.6. The van der Waals surface area contributed by atoms with E-state index in [0.29, 0.717) is 35.7 Å². The fraction of sp³-hybridized carbons (Fsp3) is 0.935. The molecule has 4 aliphatic rings. The third kappa shape index (κ3) is 5.77. The van der Waals surface area contributed by atoms with Gasteiger partial charge < -0.3 is 29.3 Å². The fourth-order valence-electron chi connectivity index (χ4n) is 9.79. The third-order valence-corrected chi connectivity index (χ3v) is 12.1. The van der Waals surface area contributed by atoms with E-state index in [1.54, 1.807) is 0 Å². The molecular weight excluding hydrogens is 498 g/mol. The standard InChI is InChI=1S/C31H54NO7/c1-19(7-10-27(36)38-6)22-8-9-23-29-24(17-26(35)31(22,23)3)30(2)12-11-21(15-20(30)16-25(29)34)39-28(37)18-32(4,5)13-14-33/h19-26,29,33-35H,7-18H2,1-6H3/q+1/t19-,20+,21-,22-,23+,24+,25-,26+,29+,30+,31-/m1/s1. The molecule has 8 nitrogen and oxygen atoms in total. The van der Waals surface area contributed by atoms with Crippen LogP contribution in [0.2, 0.25) is 0 Å². The number of fused-ring (bicyclic) bond motifs is 5. The molecule has 0 saturated heterocycles. The van der Waals surface area contributed by atoms with Crippen molar-refractivity contribution in [2.75, 3.05) is 40.9 Å². The van der Waals surface area contributed by atoms with Crippen LogP contribution in [0.25, 0.3) is 0 Å². The maximum Gasteiger partial charge on any atom is 0.362 e. The first-order valence-corrected chi connectivity index (χ1v) is 15.3. The summed E-state index contributed by atoms with van der Waals surface area (Å²) in [7, 11) is 5.27. The van der Waals surface area contributed by atoms with Gasteiger partial charge in [-0.25, -0.2) is 4.79 Å². The van der Waals surface area contributed by atoms with E-state index in [2.05, 4.69) is 20.8 Å². The molecule has 0 spiro atoms. The van der Waals surface area contributed by atoms with Crippen LogP contribution >= 0.6 is 0 Å². The highest BCUT2D eigenvalue weighted by molar-refractivity contribution is 5.70. The zero-order valence-corrected chi connectivity index (χ0v) is 25.1. The van der Waals surface area contributed by atoms with Gasteiger partial charge in [0, 0.05) is 6.42 Å². The second kappa shape index (κ2) is 11.6. The number of quaternary nitrogens is 1. The van der Waals surface area contributed by atoms with Crippen LogP contribution in [-0.2, 0) is 19.1 Å². The van der Waals surface area contributed by atoms with Crippen molar-refractivity contribution in [2.45, 2.75) is 96.9 Å². The first kappa shape index (κ1) is 30.7. The lowest BCUT2D eigenvalue weighted by molar-refractivity contribution is -0.883. The zero-order chi connectivity index (χ0) is 28.8. The molecule has 224 valence electrons. The van der Waals surface area contributed by atoms with Crippen molar-refractivity contribution in [3.8, 4) is 0 Å². The summed E-state index contributed by atoms with van der Waals surface area (Å²) in [5.41, 5.74) is -0.247. The van der Waals surface area contributed by atoms with Gasteiger partial charge in [-0.15, -0.1) is 0 Å². The molecule has 4 rings (SSSR count). The Morgan fingerprint density at radius 2 is 1.74 bits per heavy atom. The van der Waals surface area contributed by atoms with Crippen molar-refractivity contribution in [3.63, 3.8) is 0 Å². The van der Waals surface area contributed by atoms with Gasteiger partial charge in [0.1, 0.15) is 12.6 Å². The van der Waals surface area contributed by atoms with Crippen LogP contribution < -0.4 is 0 Å². The first-order valence-electron chi connectivity index (χ1n) is 15.3. The summed E-state index contributed by atoms with van der Waals surface area (Å²) in [6.07, 6.45) is 6.18. The number of methoxy groups -OCH3 is 1. The maximum atomic E-state index is 12.7. The quantitative estimate of drug-likeness (QED) is 0.297. The molecule has 0 unspecified atom stereocenters. The summed E-state index contributed by atoms with van der Waals surface area (Å²) in [5.74, 6) is 1.18. The molecule has 4 fully saturated rings. The van der Waals surface area contributed by atoms with Crippen molar-refractivity contribution in [3.05, 3.63) is 0 Å². The van der Waals surface area contributed by atoms with Crippen LogP contribution in [0.5, 0.6) is 0 Å². The zero-order valence-electron chi connectivity index (χ0n) is 25.1. The predicted molar refractivity (Wildman–Crippen MR) is 147 cm³/mol. The van der Waals surface area contributed by atoms with E-state index in [9.17, 15) is 24.9 Å². The van der Waals surface area contributed by atoms with E-state index in [-0.39, 0.29) is 65.7 Å². The predicted octanol–water partition coefficient (Wildman–Crippen LogP) is 3.16. The Balaban J connectivity index is 1.45. The topological polar surface area (TPSA) is 113 Å².